The van der Waals surface area contributed by atoms with Crippen LogP contribution in [0.4, 0.5) is 11.4 Å². The molecule has 3 fully saturated rings. The Kier molecular flexibility index (Phi) is 5.00. The number of fused-ring (bicyclic) bond motifs is 1. The van der Waals surface area contributed by atoms with Gasteiger partial charge in [0.25, 0.3) is 5.91 Å². The molecule has 2 aliphatic carbocycles. The molecule has 1 saturated heterocycles. The van der Waals surface area contributed by atoms with E-state index in [4.69, 9.17) is 4.74 Å². The Morgan fingerprint density at radius 1 is 1.00 bits per heavy atom. The number of anilines is 2. The molecule has 0 spiro atoms. The first-order valence-corrected chi connectivity index (χ1v) is 11.2. The minimum atomic E-state index is -1.14. The monoisotopic (exact) mass is 498 g/mol. The molecule has 9 heteroatoms. The lowest BCUT2D eigenvalue weighted by atomic mass is 9.79. The smallest absolute Gasteiger partial charge is 0.337 e. The van der Waals surface area contributed by atoms with Crippen LogP contribution < -0.4 is 10.6 Å². The van der Waals surface area contributed by atoms with Gasteiger partial charge >= 0.3 is 11.9 Å². The molecule has 8 nitrogen and oxygen atoms in total. The first kappa shape index (κ1) is 20.7. The van der Waals surface area contributed by atoms with Crippen LogP contribution in [0.25, 0.3) is 0 Å². The molecule has 5 rings (SSSR count). The number of carbonyl (C=O) groups is 4. The Bertz CT molecular complexity index is 1130. The van der Waals surface area contributed by atoms with Crippen molar-refractivity contribution in [2.24, 2.45) is 23.7 Å². The predicted molar refractivity (Wildman–Crippen MR) is 118 cm³/mol. The second kappa shape index (κ2) is 7.74. The van der Waals surface area contributed by atoms with Gasteiger partial charge in [-0.1, -0.05) is 28.1 Å². The fraction of sp³-hybridized carbons (Fsp3) is 0.304. The molecule has 1 aliphatic heterocycles. The minimum Gasteiger partial charge on any atom is -0.478 e. The number of para-hydroxylation sites is 1. The van der Waals surface area contributed by atoms with Gasteiger partial charge < -0.3 is 20.5 Å². The number of esters is 1. The Morgan fingerprint density at radius 2 is 1.72 bits per heavy atom. The van der Waals surface area contributed by atoms with Crippen molar-refractivity contribution in [3.05, 3.63) is 59.7 Å². The highest BCUT2D eigenvalue weighted by atomic mass is 79.9. The highest BCUT2D eigenvalue weighted by Crippen LogP contribution is 2.60. The van der Waals surface area contributed by atoms with Crippen LogP contribution >= 0.6 is 15.9 Å². The summed E-state index contributed by atoms with van der Waals surface area (Å²) in [4.78, 5) is 49.0. The van der Waals surface area contributed by atoms with Gasteiger partial charge in [0.2, 0.25) is 5.91 Å². The first-order valence-electron chi connectivity index (χ1n) is 10.2. The number of alkyl halides is 1. The zero-order valence-corrected chi connectivity index (χ0v) is 18.2. The van der Waals surface area contributed by atoms with Gasteiger partial charge in [0, 0.05) is 17.2 Å². The molecule has 2 saturated carbocycles. The van der Waals surface area contributed by atoms with Gasteiger partial charge in [0.05, 0.1) is 27.9 Å². The van der Waals surface area contributed by atoms with Crippen molar-refractivity contribution in [1.82, 2.24) is 0 Å². The maximum Gasteiger partial charge on any atom is 0.337 e. The molecule has 32 heavy (non-hydrogen) atoms. The predicted octanol–water partition coefficient (Wildman–Crippen LogP) is 3.15. The summed E-state index contributed by atoms with van der Waals surface area (Å²) in [6.07, 6.45) is 0.664. The third-order valence-corrected chi connectivity index (χ3v) is 7.85. The molecule has 6 atom stereocenters. The van der Waals surface area contributed by atoms with Gasteiger partial charge in [-0.25, -0.2) is 4.79 Å². The number of rotatable bonds is 5. The van der Waals surface area contributed by atoms with Gasteiger partial charge in [0.1, 0.15) is 6.10 Å². The molecule has 0 aromatic heterocycles. The Labute approximate surface area is 191 Å². The zero-order valence-electron chi connectivity index (χ0n) is 16.7. The van der Waals surface area contributed by atoms with E-state index in [1.54, 1.807) is 36.4 Å². The number of halogens is 1. The fourth-order valence-electron chi connectivity index (χ4n) is 5.23. The average Bonchev–Trinajstić information content (AvgIpc) is 3.39. The maximum absolute atomic E-state index is 13.0. The number of nitrogens with one attached hydrogen (secondary N) is 2. The molecular weight excluding hydrogens is 480 g/mol. The van der Waals surface area contributed by atoms with Crippen LogP contribution in [0, 0.1) is 23.7 Å². The van der Waals surface area contributed by atoms with Crippen LogP contribution in [0.5, 0.6) is 0 Å². The van der Waals surface area contributed by atoms with E-state index in [0.717, 1.165) is 6.42 Å². The summed E-state index contributed by atoms with van der Waals surface area (Å²) in [7, 11) is 0. The van der Waals surface area contributed by atoms with E-state index in [9.17, 15) is 24.3 Å². The lowest BCUT2D eigenvalue weighted by Gasteiger charge is -2.27. The summed E-state index contributed by atoms with van der Waals surface area (Å²) in [5.74, 6) is -2.80. The molecule has 164 valence electrons. The number of carbonyl (C=O) groups excluding carboxylic acids is 3. The maximum atomic E-state index is 13.0. The Hall–Kier alpha value is -3.20. The van der Waals surface area contributed by atoms with Crippen molar-refractivity contribution in [1.29, 1.82) is 0 Å². The summed E-state index contributed by atoms with van der Waals surface area (Å²) in [5, 5.41) is 14.7. The van der Waals surface area contributed by atoms with Crippen molar-refractivity contribution in [3.63, 3.8) is 0 Å². The topological polar surface area (TPSA) is 122 Å². The highest BCUT2D eigenvalue weighted by Gasteiger charge is 2.67. The second-order valence-electron chi connectivity index (χ2n) is 8.33. The number of hydrogen-bond acceptors (Lipinski definition) is 5. The van der Waals surface area contributed by atoms with E-state index < -0.39 is 23.7 Å². The molecular formula is C23H19BrN2O6. The summed E-state index contributed by atoms with van der Waals surface area (Å²) >= 11 is 3.60. The number of hydrogen-bond donors (Lipinski definition) is 3. The van der Waals surface area contributed by atoms with Crippen LogP contribution in [0.3, 0.4) is 0 Å². The van der Waals surface area contributed by atoms with Gasteiger partial charge in [-0.15, -0.1) is 0 Å². The van der Waals surface area contributed by atoms with Gasteiger partial charge in [0.15, 0.2) is 0 Å². The average molecular weight is 499 g/mol. The van der Waals surface area contributed by atoms with Crippen molar-refractivity contribution in [3.8, 4) is 0 Å². The van der Waals surface area contributed by atoms with Crippen molar-refractivity contribution >= 4 is 51.1 Å². The van der Waals surface area contributed by atoms with Gasteiger partial charge in [-0.05, 0) is 48.7 Å². The second-order valence-corrected chi connectivity index (χ2v) is 9.39. The normalized spacial score (nSPS) is 29.5. The van der Waals surface area contributed by atoms with Crippen LogP contribution in [0.1, 0.15) is 27.1 Å². The standard InChI is InChI=1S/C23H19BrN2O6/c24-18-13-9-14-17(23(31)32-19(14)18)16(13)21(28)25-11-7-5-10(6-8-11)20(27)26-15-4-2-1-3-12(15)22(29)30/h1-8,13-14,16-19H,9H2,(H,25,28)(H,26,27)(H,29,30)/t13-,14-,16-,17+,18+,19+/m1/s1. The molecule has 0 unspecified atom stereocenters. The SMILES string of the molecule is O=C(Nc1ccccc1C(=O)O)c1ccc(NC(=O)[C@@H]2[C@H]3C[C@H]4[C@H](OC(=O)[C@@H]42)[C@H]3Br)cc1. The van der Waals surface area contributed by atoms with Crippen molar-refractivity contribution in [2.45, 2.75) is 17.4 Å². The molecule has 3 aliphatic rings. The quantitative estimate of drug-likeness (QED) is 0.429. The van der Waals surface area contributed by atoms with E-state index in [0.29, 0.717) is 11.3 Å². The third kappa shape index (κ3) is 3.28. The summed E-state index contributed by atoms with van der Waals surface area (Å²) < 4.78 is 5.45. The fourth-order valence-corrected chi connectivity index (χ4v) is 6.28. The van der Waals surface area contributed by atoms with E-state index in [-0.39, 0.29) is 45.9 Å². The molecule has 2 aromatic carbocycles. The zero-order chi connectivity index (χ0) is 22.6. The molecule has 0 radical (unpaired) electrons. The van der Waals surface area contributed by atoms with Crippen molar-refractivity contribution < 1.29 is 29.0 Å². The number of ether oxygens (including phenoxy) is 1. The van der Waals surface area contributed by atoms with E-state index >= 15 is 0 Å². The molecule has 2 aromatic rings. The summed E-state index contributed by atoms with van der Waals surface area (Å²) in [5.41, 5.74) is 1.01. The van der Waals surface area contributed by atoms with E-state index in [2.05, 4.69) is 26.6 Å². The Balaban J connectivity index is 1.27. The lowest BCUT2D eigenvalue weighted by Crippen LogP contribution is -2.40. The number of aromatic carboxylic acids is 1. The van der Waals surface area contributed by atoms with E-state index in [1.165, 1.54) is 12.1 Å². The third-order valence-electron chi connectivity index (χ3n) is 6.65. The lowest BCUT2D eigenvalue weighted by molar-refractivity contribution is -0.145. The van der Waals surface area contributed by atoms with Crippen LogP contribution in [0.15, 0.2) is 48.5 Å². The highest BCUT2D eigenvalue weighted by molar-refractivity contribution is 9.09. The largest absolute Gasteiger partial charge is 0.478 e. The number of carboxylic acid groups (broad SMARTS) is 1. The van der Waals surface area contributed by atoms with Gasteiger partial charge in [-0.2, -0.15) is 0 Å². The molecule has 1 heterocycles. The molecule has 3 N–H and O–H groups in total. The minimum absolute atomic E-state index is 0.00614. The van der Waals surface area contributed by atoms with E-state index in [1.807, 2.05) is 0 Å². The van der Waals surface area contributed by atoms with Crippen molar-refractivity contribution in [2.75, 3.05) is 10.6 Å². The number of benzene rings is 2. The number of amides is 2. The van der Waals surface area contributed by atoms with Crippen LogP contribution in [-0.4, -0.2) is 39.8 Å². The first-order chi connectivity index (χ1) is 15.3. The summed E-state index contributed by atoms with van der Waals surface area (Å²) in [6, 6.07) is 12.4. The molecule has 2 bridgehead atoms. The summed E-state index contributed by atoms with van der Waals surface area (Å²) in [6.45, 7) is 0. The van der Waals surface area contributed by atoms with Crippen LogP contribution in [0.2, 0.25) is 0 Å². The number of carboxylic acids is 1. The van der Waals surface area contributed by atoms with Crippen LogP contribution in [-0.2, 0) is 14.3 Å². The van der Waals surface area contributed by atoms with Gasteiger partial charge in [-0.3, -0.25) is 14.4 Å². The molecule has 2 amide bonds. The Morgan fingerprint density at radius 3 is 2.44 bits per heavy atom.